The van der Waals surface area contributed by atoms with Gasteiger partial charge >= 0.3 is 0 Å². The van der Waals surface area contributed by atoms with Gasteiger partial charge in [-0.25, -0.2) is 13.4 Å². The van der Waals surface area contributed by atoms with Gasteiger partial charge in [-0.05, 0) is 18.8 Å². The highest BCUT2D eigenvalue weighted by molar-refractivity contribution is 7.92. The molecule has 8 heteroatoms. The van der Waals surface area contributed by atoms with E-state index in [1.54, 1.807) is 0 Å². The van der Waals surface area contributed by atoms with Gasteiger partial charge in [-0.1, -0.05) is 11.6 Å². The van der Waals surface area contributed by atoms with Crippen LogP contribution in [0.3, 0.4) is 0 Å². The minimum Gasteiger partial charge on any atom is -0.481 e. The van der Waals surface area contributed by atoms with Crippen LogP contribution in [-0.2, 0) is 10.0 Å². The first kappa shape index (κ1) is 12.4. The van der Waals surface area contributed by atoms with E-state index < -0.39 is 10.0 Å². The number of methoxy groups -OCH3 is 1. The zero-order valence-corrected chi connectivity index (χ0v) is 10.8. The Kier molecular flexibility index (Phi) is 3.39. The summed E-state index contributed by atoms with van der Waals surface area (Å²) in [6.07, 6.45) is 1.92. The van der Waals surface area contributed by atoms with Crippen molar-refractivity contribution in [3.05, 3.63) is 11.2 Å². The second kappa shape index (κ2) is 4.66. The normalized spacial score (nSPS) is 15.6. The molecule has 0 aromatic carbocycles. The smallest absolute Gasteiger partial charge is 0.241 e. The van der Waals surface area contributed by atoms with Gasteiger partial charge in [0.05, 0.1) is 12.9 Å². The Morgan fingerprint density at radius 2 is 2.24 bits per heavy atom. The van der Waals surface area contributed by atoms with Gasteiger partial charge in [0, 0.05) is 6.07 Å². The summed E-state index contributed by atoms with van der Waals surface area (Å²) in [5.41, 5.74) is 0. The molecule has 17 heavy (non-hydrogen) atoms. The van der Waals surface area contributed by atoms with Crippen molar-refractivity contribution in [2.75, 3.05) is 17.6 Å². The highest BCUT2D eigenvalue weighted by Gasteiger charge is 2.28. The molecule has 0 atom stereocenters. The largest absolute Gasteiger partial charge is 0.481 e. The minimum atomic E-state index is -3.40. The molecule has 1 aliphatic carbocycles. The van der Waals surface area contributed by atoms with Crippen molar-refractivity contribution in [1.29, 1.82) is 0 Å². The number of ether oxygens (including phenoxy) is 1. The fourth-order valence-electron chi connectivity index (χ4n) is 1.32. The maximum atomic E-state index is 11.7. The fourth-order valence-corrected chi connectivity index (χ4v) is 2.90. The van der Waals surface area contributed by atoms with Crippen molar-refractivity contribution in [1.82, 2.24) is 9.97 Å². The Labute approximate surface area is 104 Å². The van der Waals surface area contributed by atoms with Gasteiger partial charge in [0.25, 0.3) is 0 Å². The van der Waals surface area contributed by atoms with E-state index in [1.165, 1.54) is 13.2 Å². The van der Waals surface area contributed by atoms with Gasteiger partial charge in [0.2, 0.25) is 21.9 Å². The number of hydrogen-bond donors (Lipinski definition) is 1. The lowest BCUT2D eigenvalue weighted by Gasteiger charge is -2.07. The molecule has 1 N–H and O–H groups in total. The number of aromatic nitrogens is 2. The van der Waals surface area contributed by atoms with Crippen LogP contribution in [0.5, 0.6) is 5.88 Å². The summed E-state index contributed by atoms with van der Waals surface area (Å²) < 4.78 is 30.5. The molecule has 1 fully saturated rings. The molecule has 0 radical (unpaired) electrons. The molecule has 1 heterocycles. The molecule has 0 unspecified atom stereocenters. The highest BCUT2D eigenvalue weighted by Crippen LogP contribution is 2.30. The van der Waals surface area contributed by atoms with E-state index in [4.69, 9.17) is 16.3 Å². The fraction of sp³-hybridized carbons (Fsp3) is 0.556. The maximum Gasteiger partial charge on any atom is 0.241 e. The summed E-state index contributed by atoms with van der Waals surface area (Å²) in [5, 5.41) is 0.126. The number of hydrogen-bond acceptors (Lipinski definition) is 5. The van der Waals surface area contributed by atoms with Gasteiger partial charge in [0.1, 0.15) is 5.15 Å². The zero-order chi connectivity index (χ0) is 12.5. The van der Waals surface area contributed by atoms with Gasteiger partial charge in [0.15, 0.2) is 0 Å². The standard InChI is InChI=1S/C9H12ClN3O3S/c1-16-8-4-7(10)11-9(12-8)13-17(14,15)5-6-2-3-6/h4,6H,2-3,5H2,1H3,(H,11,12,13). The number of halogens is 1. The number of sulfonamides is 1. The minimum absolute atomic E-state index is 0.0602. The van der Waals surface area contributed by atoms with Crippen LogP contribution in [0.15, 0.2) is 6.07 Å². The average Bonchev–Trinajstić information content (AvgIpc) is 2.98. The Bertz CT molecular complexity index is 516. The molecule has 6 nitrogen and oxygen atoms in total. The molecule has 0 saturated heterocycles. The monoisotopic (exact) mass is 277 g/mol. The quantitative estimate of drug-likeness (QED) is 0.820. The first-order chi connectivity index (χ1) is 7.98. The molecule has 1 aliphatic rings. The van der Waals surface area contributed by atoms with Crippen LogP contribution in [0.4, 0.5) is 5.95 Å². The first-order valence-electron chi connectivity index (χ1n) is 5.07. The second-order valence-corrected chi connectivity index (χ2v) is 6.04. The van der Waals surface area contributed by atoms with E-state index in [-0.39, 0.29) is 28.7 Å². The van der Waals surface area contributed by atoms with Crippen molar-refractivity contribution in [2.24, 2.45) is 5.92 Å². The van der Waals surface area contributed by atoms with Crippen molar-refractivity contribution >= 4 is 27.6 Å². The Morgan fingerprint density at radius 3 is 2.82 bits per heavy atom. The van der Waals surface area contributed by atoms with Gasteiger partial charge in [-0.2, -0.15) is 4.98 Å². The molecule has 1 aromatic heterocycles. The number of anilines is 1. The molecule has 1 saturated carbocycles. The van der Waals surface area contributed by atoms with Crippen LogP contribution in [0.2, 0.25) is 5.15 Å². The first-order valence-corrected chi connectivity index (χ1v) is 7.10. The molecule has 0 amide bonds. The van der Waals surface area contributed by atoms with E-state index >= 15 is 0 Å². The maximum absolute atomic E-state index is 11.7. The highest BCUT2D eigenvalue weighted by atomic mass is 35.5. The summed E-state index contributed by atoms with van der Waals surface area (Å²) >= 11 is 5.71. The van der Waals surface area contributed by atoms with Crippen molar-refractivity contribution in [2.45, 2.75) is 12.8 Å². The molecule has 1 aromatic rings. The third-order valence-corrected chi connectivity index (χ3v) is 3.88. The molecule has 0 bridgehead atoms. The van der Waals surface area contributed by atoms with Gasteiger partial charge in [-0.3, -0.25) is 4.72 Å². The molecule has 2 rings (SSSR count). The third kappa shape index (κ3) is 3.71. The molecular weight excluding hydrogens is 266 g/mol. The van der Waals surface area contributed by atoms with E-state index in [0.29, 0.717) is 0 Å². The van der Waals surface area contributed by atoms with Crippen LogP contribution < -0.4 is 9.46 Å². The summed E-state index contributed by atoms with van der Waals surface area (Å²) in [6, 6.07) is 1.40. The van der Waals surface area contributed by atoms with E-state index in [1.807, 2.05) is 0 Å². The van der Waals surface area contributed by atoms with Crippen molar-refractivity contribution in [3.63, 3.8) is 0 Å². The summed E-state index contributed by atoms with van der Waals surface area (Å²) in [7, 11) is -1.98. The lowest BCUT2D eigenvalue weighted by molar-refractivity contribution is 0.397. The third-order valence-electron chi connectivity index (χ3n) is 2.28. The molecule has 94 valence electrons. The average molecular weight is 278 g/mol. The van der Waals surface area contributed by atoms with Crippen LogP contribution >= 0.6 is 11.6 Å². The van der Waals surface area contributed by atoms with Crippen LogP contribution in [0.25, 0.3) is 0 Å². The Morgan fingerprint density at radius 1 is 1.53 bits per heavy atom. The molecule has 0 aliphatic heterocycles. The van der Waals surface area contributed by atoms with Crippen LogP contribution in [-0.4, -0.2) is 31.2 Å². The van der Waals surface area contributed by atoms with E-state index in [0.717, 1.165) is 12.8 Å². The predicted octanol–water partition coefficient (Wildman–Crippen LogP) is 1.29. The van der Waals surface area contributed by atoms with E-state index in [9.17, 15) is 8.42 Å². The van der Waals surface area contributed by atoms with E-state index in [2.05, 4.69) is 14.7 Å². The molecule has 0 spiro atoms. The lowest BCUT2D eigenvalue weighted by Crippen LogP contribution is -2.19. The van der Waals surface area contributed by atoms with Gasteiger partial charge < -0.3 is 4.74 Å². The number of nitrogens with one attached hydrogen (secondary N) is 1. The molecular formula is C9H12ClN3O3S. The summed E-state index contributed by atoms with van der Waals surface area (Å²) in [4.78, 5) is 7.64. The second-order valence-electron chi connectivity index (χ2n) is 3.88. The number of nitrogens with zero attached hydrogens (tertiary/aromatic N) is 2. The summed E-state index contributed by atoms with van der Waals surface area (Å²) in [6.45, 7) is 0. The Balaban J connectivity index is 2.14. The Hall–Kier alpha value is -1.08. The van der Waals surface area contributed by atoms with Crippen molar-refractivity contribution < 1.29 is 13.2 Å². The number of rotatable bonds is 5. The zero-order valence-electron chi connectivity index (χ0n) is 9.18. The SMILES string of the molecule is COc1cc(Cl)nc(NS(=O)(=O)CC2CC2)n1. The van der Waals surface area contributed by atoms with Gasteiger partial charge in [-0.15, -0.1) is 0 Å². The summed E-state index contributed by atoms with van der Waals surface area (Å²) in [5.74, 6) is 0.517. The topological polar surface area (TPSA) is 81.2 Å². The van der Waals surface area contributed by atoms with Crippen LogP contribution in [0.1, 0.15) is 12.8 Å². The van der Waals surface area contributed by atoms with Crippen LogP contribution in [0, 0.1) is 5.92 Å². The predicted molar refractivity (Wildman–Crippen MR) is 63.7 cm³/mol. The lowest BCUT2D eigenvalue weighted by atomic mass is 10.5. The van der Waals surface area contributed by atoms with Crippen molar-refractivity contribution in [3.8, 4) is 5.88 Å².